The SMILES string of the molecule is CC(=O)O.CC1(C)C2CCC1(C)C(Cl)C2. The molecule has 0 aliphatic heterocycles. The van der Waals surface area contributed by atoms with Crippen LogP contribution in [0.25, 0.3) is 0 Å². The van der Waals surface area contributed by atoms with Gasteiger partial charge in [0.1, 0.15) is 0 Å². The van der Waals surface area contributed by atoms with Gasteiger partial charge in [-0.2, -0.15) is 0 Å². The zero-order valence-corrected chi connectivity index (χ0v) is 10.8. The number of fused-ring (bicyclic) bond motifs is 2. The third kappa shape index (κ3) is 2.01. The van der Waals surface area contributed by atoms with Gasteiger partial charge in [-0.05, 0) is 36.0 Å². The van der Waals surface area contributed by atoms with Gasteiger partial charge in [-0.15, -0.1) is 11.6 Å². The van der Waals surface area contributed by atoms with Gasteiger partial charge in [-0.3, -0.25) is 4.79 Å². The van der Waals surface area contributed by atoms with Gasteiger partial charge in [0, 0.05) is 12.3 Å². The average molecular weight is 233 g/mol. The van der Waals surface area contributed by atoms with Gasteiger partial charge in [-0.25, -0.2) is 0 Å². The number of hydrogen-bond acceptors (Lipinski definition) is 1. The summed E-state index contributed by atoms with van der Waals surface area (Å²) in [5.74, 6) is 0.0648. The van der Waals surface area contributed by atoms with E-state index in [0.717, 1.165) is 12.8 Å². The van der Waals surface area contributed by atoms with Crippen LogP contribution in [0.15, 0.2) is 0 Å². The Morgan fingerprint density at radius 2 is 1.87 bits per heavy atom. The summed E-state index contributed by atoms with van der Waals surface area (Å²) in [6.45, 7) is 8.25. The van der Waals surface area contributed by atoms with Crippen molar-refractivity contribution in [1.82, 2.24) is 0 Å². The highest BCUT2D eigenvalue weighted by Gasteiger charge is 2.60. The number of alkyl halides is 1. The highest BCUT2D eigenvalue weighted by molar-refractivity contribution is 6.21. The number of hydrogen-bond donors (Lipinski definition) is 1. The number of rotatable bonds is 0. The lowest BCUT2D eigenvalue weighted by Gasteiger charge is -2.36. The van der Waals surface area contributed by atoms with E-state index in [9.17, 15) is 0 Å². The van der Waals surface area contributed by atoms with Gasteiger partial charge in [0.25, 0.3) is 5.97 Å². The van der Waals surface area contributed by atoms with Crippen LogP contribution in [0.3, 0.4) is 0 Å². The van der Waals surface area contributed by atoms with E-state index in [1.165, 1.54) is 19.3 Å². The summed E-state index contributed by atoms with van der Waals surface area (Å²) < 4.78 is 0. The Morgan fingerprint density at radius 3 is 2.00 bits per heavy atom. The molecule has 0 aromatic rings. The first kappa shape index (κ1) is 12.8. The molecule has 0 saturated heterocycles. The fourth-order valence-electron chi connectivity index (χ4n) is 3.11. The number of carbonyl (C=O) groups is 1. The summed E-state index contributed by atoms with van der Waals surface area (Å²) in [6.07, 6.45) is 4.01. The molecule has 3 heteroatoms. The fourth-order valence-corrected chi connectivity index (χ4v) is 3.71. The van der Waals surface area contributed by atoms with Crippen molar-refractivity contribution < 1.29 is 9.90 Å². The third-order valence-electron chi connectivity index (χ3n) is 4.69. The van der Waals surface area contributed by atoms with E-state index in [1.54, 1.807) is 0 Å². The van der Waals surface area contributed by atoms with E-state index in [-0.39, 0.29) is 0 Å². The molecular formula is C12H21ClO2. The van der Waals surface area contributed by atoms with Crippen LogP contribution in [0.1, 0.15) is 47.0 Å². The fraction of sp³-hybridized carbons (Fsp3) is 0.917. The standard InChI is InChI=1S/C10H17Cl.C2H4O2/c1-9(2)7-4-5-10(9,3)8(11)6-7;1-2(3)4/h7-8H,4-6H2,1-3H3;1H3,(H,3,4). The molecule has 0 aromatic carbocycles. The van der Waals surface area contributed by atoms with Gasteiger partial charge >= 0.3 is 0 Å². The molecule has 3 unspecified atom stereocenters. The van der Waals surface area contributed by atoms with Crippen LogP contribution < -0.4 is 0 Å². The lowest BCUT2D eigenvalue weighted by molar-refractivity contribution is -0.134. The van der Waals surface area contributed by atoms with Crippen molar-refractivity contribution in [2.45, 2.75) is 52.3 Å². The zero-order valence-electron chi connectivity index (χ0n) is 10.0. The predicted molar refractivity (Wildman–Crippen MR) is 62.2 cm³/mol. The molecule has 3 atom stereocenters. The summed E-state index contributed by atoms with van der Waals surface area (Å²) in [6, 6.07) is 0. The van der Waals surface area contributed by atoms with Crippen molar-refractivity contribution in [3.63, 3.8) is 0 Å². The molecule has 0 spiro atoms. The van der Waals surface area contributed by atoms with Crippen molar-refractivity contribution in [2.75, 3.05) is 0 Å². The lowest BCUT2D eigenvalue weighted by Crippen LogP contribution is -2.32. The monoisotopic (exact) mass is 232 g/mol. The number of carboxylic acid groups (broad SMARTS) is 1. The van der Waals surface area contributed by atoms with Crippen molar-refractivity contribution >= 4 is 17.6 Å². The van der Waals surface area contributed by atoms with E-state index < -0.39 is 5.97 Å². The van der Waals surface area contributed by atoms with E-state index in [1.807, 2.05) is 0 Å². The minimum absolute atomic E-state index is 0.430. The van der Waals surface area contributed by atoms with Crippen LogP contribution in [-0.2, 0) is 4.79 Å². The molecular weight excluding hydrogens is 212 g/mol. The largest absolute Gasteiger partial charge is 0.481 e. The Labute approximate surface area is 97.0 Å². The summed E-state index contributed by atoms with van der Waals surface area (Å²) >= 11 is 6.33. The van der Waals surface area contributed by atoms with Gasteiger partial charge < -0.3 is 5.11 Å². The van der Waals surface area contributed by atoms with E-state index in [0.29, 0.717) is 16.2 Å². The molecule has 2 aliphatic rings. The second-order valence-corrected chi connectivity index (χ2v) is 6.12. The smallest absolute Gasteiger partial charge is 0.300 e. The van der Waals surface area contributed by atoms with E-state index in [4.69, 9.17) is 21.5 Å². The van der Waals surface area contributed by atoms with E-state index in [2.05, 4.69) is 20.8 Å². The Kier molecular flexibility index (Phi) is 3.39. The van der Waals surface area contributed by atoms with Gasteiger partial charge in [-0.1, -0.05) is 20.8 Å². The molecule has 0 amide bonds. The van der Waals surface area contributed by atoms with Crippen LogP contribution in [0.2, 0.25) is 0 Å². The van der Waals surface area contributed by atoms with Crippen LogP contribution in [0.4, 0.5) is 0 Å². The van der Waals surface area contributed by atoms with Crippen LogP contribution >= 0.6 is 11.6 Å². The van der Waals surface area contributed by atoms with Gasteiger partial charge in [0.15, 0.2) is 0 Å². The molecule has 88 valence electrons. The Bertz CT molecular complexity index is 258. The normalized spacial score (nSPS) is 40.9. The van der Waals surface area contributed by atoms with Crippen molar-refractivity contribution in [3.8, 4) is 0 Å². The van der Waals surface area contributed by atoms with Crippen LogP contribution in [0.5, 0.6) is 0 Å². The second kappa shape index (κ2) is 3.97. The van der Waals surface area contributed by atoms with Gasteiger partial charge in [0.2, 0.25) is 0 Å². The van der Waals surface area contributed by atoms with Crippen LogP contribution in [0, 0.1) is 16.7 Å². The Balaban J connectivity index is 0.000000245. The molecule has 2 bridgehead atoms. The van der Waals surface area contributed by atoms with Crippen molar-refractivity contribution in [3.05, 3.63) is 0 Å². The molecule has 2 rings (SSSR count). The number of halogens is 1. The molecule has 0 aromatic heterocycles. The summed E-state index contributed by atoms with van der Waals surface area (Å²) in [4.78, 5) is 9.00. The minimum atomic E-state index is -0.833. The Morgan fingerprint density at radius 1 is 1.40 bits per heavy atom. The minimum Gasteiger partial charge on any atom is -0.481 e. The summed E-state index contributed by atoms with van der Waals surface area (Å²) in [5, 5.41) is 7.86. The first-order valence-electron chi connectivity index (χ1n) is 5.55. The first-order valence-corrected chi connectivity index (χ1v) is 5.99. The molecule has 15 heavy (non-hydrogen) atoms. The maximum Gasteiger partial charge on any atom is 0.300 e. The third-order valence-corrected chi connectivity index (χ3v) is 5.35. The highest BCUT2D eigenvalue weighted by Crippen LogP contribution is 2.66. The summed E-state index contributed by atoms with van der Waals surface area (Å²) in [5.41, 5.74) is 0.929. The highest BCUT2D eigenvalue weighted by atomic mass is 35.5. The molecule has 1 N–H and O–H groups in total. The van der Waals surface area contributed by atoms with Crippen molar-refractivity contribution in [1.29, 1.82) is 0 Å². The number of carboxylic acids is 1. The van der Waals surface area contributed by atoms with E-state index >= 15 is 0 Å². The molecule has 2 saturated carbocycles. The summed E-state index contributed by atoms with van der Waals surface area (Å²) in [7, 11) is 0. The Hall–Kier alpha value is -0.240. The topological polar surface area (TPSA) is 37.3 Å². The quantitative estimate of drug-likeness (QED) is 0.649. The lowest BCUT2D eigenvalue weighted by atomic mass is 9.71. The first-order chi connectivity index (χ1) is 6.72. The average Bonchev–Trinajstić information content (AvgIpc) is 2.36. The van der Waals surface area contributed by atoms with Crippen molar-refractivity contribution in [2.24, 2.45) is 16.7 Å². The number of aliphatic carboxylic acids is 1. The molecule has 2 aliphatic carbocycles. The zero-order chi connectivity index (χ0) is 11.9. The second-order valence-electron chi connectivity index (χ2n) is 5.60. The molecule has 2 nitrogen and oxygen atoms in total. The predicted octanol–water partition coefficient (Wildman–Crippen LogP) is 3.53. The molecule has 2 fully saturated rings. The molecule has 0 radical (unpaired) electrons. The molecule has 0 heterocycles. The van der Waals surface area contributed by atoms with Gasteiger partial charge in [0.05, 0.1) is 0 Å². The maximum absolute atomic E-state index is 9.00. The maximum atomic E-state index is 9.00. The van der Waals surface area contributed by atoms with Crippen LogP contribution in [-0.4, -0.2) is 16.5 Å².